The van der Waals surface area contributed by atoms with E-state index in [9.17, 15) is 9.90 Å². The molecule has 1 aromatic rings. The average Bonchev–Trinajstić information content (AvgIpc) is 2.78. The van der Waals surface area contributed by atoms with Gasteiger partial charge in [-0.25, -0.2) is 4.79 Å². The summed E-state index contributed by atoms with van der Waals surface area (Å²) in [5, 5.41) is 12.7. The minimum absolute atomic E-state index is 0.0938. The molecule has 0 saturated carbocycles. The number of phenolic OH excluding ortho intramolecular Hbond substituents is 1. The number of hydrogen-bond acceptors (Lipinski definition) is 4. The third kappa shape index (κ3) is 5.07. The van der Waals surface area contributed by atoms with E-state index in [4.69, 9.17) is 16.3 Å². The van der Waals surface area contributed by atoms with E-state index in [1.54, 1.807) is 12.1 Å². The van der Waals surface area contributed by atoms with Crippen LogP contribution >= 0.6 is 11.6 Å². The second-order valence-corrected chi connectivity index (χ2v) is 7.06. The maximum atomic E-state index is 11.8. The zero-order valence-electron chi connectivity index (χ0n) is 13.2. The van der Waals surface area contributed by atoms with Crippen LogP contribution in [0.25, 0.3) is 0 Å². The van der Waals surface area contributed by atoms with E-state index in [1.807, 2.05) is 26.8 Å². The molecule has 6 heteroatoms. The number of nitrogens with zero attached hydrogens (tertiary/aromatic N) is 1. The summed E-state index contributed by atoms with van der Waals surface area (Å²) in [5.41, 5.74) is 0.561. The summed E-state index contributed by atoms with van der Waals surface area (Å²) in [7, 11) is 0. The van der Waals surface area contributed by atoms with E-state index in [-0.39, 0.29) is 17.9 Å². The van der Waals surface area contributed by atoms with Crippen molar-refractivity contribution < 1.29 is 14.6 Å². The van der Waals surface area contributed by atoms with E-state index in [0.717, 1.165) is 31.6 Å². The van der Waals surface area contributed by atoms with E-state index < -0.39 is 5.60 Å². The number of carbonyl (C=O) groups is 1. The Bertz CT molecular complexity index is 543. The van der Waals surface area contributed by atoms with E-state index in [0.29, 0.717) is 5.02 Å². The number of rotatable bonds is 3. The first-order chi connectivity index (χ1) is 10.2. The molecule has 1 aliphatic rings. The molecule has 2 rings (SSSR count). The molecule has 0 aliphatic carbocycles. The molecule has 0 spiro atoms. The quantitative estimate of drug-likeness (QED) is 0.895. The first-order valence-electron chi connectivity index (χ1n) is 7.42. The highest BCUT2D eigenvalue weighted by Gasteiger charge is 2.26. The zero-order chi connectivity index (χ0) is 16.3. The highest BCUT2D eigenvalue weighted by Crippen LogP contribution is 2.25. The Balaban J connectivity index is 1.82. The van der Waals surface area contributed by atoms with Crippen LogP contribution in [-0.4, -0.2) is 40.8 Å². The lowest BCUT2D eigenvalue weighted by molar-refractivity contribution is 0.0505. The lowest BCUT2D eigenvalue weighted by atomic mass is 10.2. The third-order valence-corrected chi connectivity index (χ3v) is 3.71. The van der Waals surface area contributed by atoms with Gasteiger partial charge in [-0.2, -0.15) is 0 Å². The highest BCUT2D eigenvalue weighted by atomic mass is 35.5. The maximum absolute atomic E-state index is 11.8. The Labute approximate surface area is 136 Å². The Morgan fingerprint density at radius 1 is 1.50 bits per heavy atom. The van der Waals surface area contributed by atoms with Gasteiger partial charge >= 0.3 is 6.09 Å². The molecule has 122 valence electrons. The normalized spacial score (nSPS) is 19.2. The number of alkyl carbamates (subject to hydrolysis) is 1. The summed E-state index contributed by atoms with van der Waals surface area (Å²) in [6.45, 7) is 7.97. The summed E-state index contributed by atoms with van der Waals surface area (Å²) in [4.78, 5) is 14.0. The van der Waals surface area contributed by atoms with Crippen LogP contribution in [0.5, 0.6) is 5.75 Å². The van der Waals surface area contributed by atoms with Crippen LogP contribution in [0.1, 0.15) is 32.8 Å². The van der Waals surface area contributed by atoms with Crippen LogP contribution in [0.4, 0.5) is 4.79 Å². The van der Waals surface area contributed by atoms with Gasteiger partial charge in [0, 0.05) is 25.7 Å². The molecule has 1 saturated heterocycles. The number of likely N-dealkylation sites (tertiary alicyclic amines) is 1. The van der Waals surface area contributed by atoms with Gasteiger partial charge in [-0.05, 0) is 44.9 Å². The Kier molecular flexibility index (Phi) is 5.19. The van der Waals surface area contributed by atoms with Gasteiger partial charge in [0.15, 0.2) is 0 Å². The molecular weight excluding hydrogens is 304 g/mol. The standard InChI is InChI=1S/C16H23ClN2O3/c1-16(2,3)22-15(21)18-12-6-7-19(10-12)9-11-4-5-14(20)13(17)8-11/h4-5,8,12,20H,6-7,9-10H2,1-3H3,(H,18,21)/t12-/m1/s1. The van der Waals surface area contributed by atoms with E-state index in [1.165, 1.54) is 0 Å². The molecule has 1 amide bonds. The summed E-state index contributed by atoms with van der Waals surface area (Å²) >= 11 is 5.92. The van der Waals surface area contributed by atoms with Crippen molar-refractivity contribution in [2.75, 3.05) is 13.1 Å². The SMILES string of the molecule is CC(C)(C)OC(=O)N[C@@H]1CCN(Cc2ccc(O)c(Cl)c2)C1. The van der Waals surface area contributed by atoms with Gasteiger partial charge in [0.2, 0.25) is 0 Å². The number of ether oxygens (including phenoxy) is 1. The van der Waals surface area contributed by atoms with Crippen molar-refractivity contribution in [1.29, 1.82) is 0 Å². The number of hydrogen-bond donors (Lipinski definition) is 2. The number of phenols is 1. The Morgan fingerprint density at radius 3 is 2.86 bits per heavy atom. The van der Waals surface area contributed by atoms with Gasteiger partial charge in [-0.1, -0.05) is 17.7 Å². The lowest BCUT2D eigenvalue weighted by Gasteiger charge is -2.22. The number of nitrogens with one attached hydrogen (secondary N) is 1. The molecule has 1 heterocycles. The van der Waals surface area contributed by atoms with Crippen molar-refractivity contribution in [3.05, 3.63) is 28.8 Å². The van der Waals surface area contributed by atoms with Crippen LogP contribution in [-0.2, 0) is 11.3 Å². The molecule has 1 atom stereocenters. The fraction of sp³-hybridized carbons (Fsp3) is 0.562. The average molecular weight is 327 g/mol. The first kappa shape index (κ1) is 16.9. The maximum Gasteiger partial charge on any atom is 0.407 e. The van der Waals surface area contributed by atoms with Crippen molar-refractivity contribution in [1.82, 2.24) is 10.2 Å². The number of halogens is 1. The predicted octanol–water partition coefficient (Wildman–Crippen LogP) is 3.14. The highest BCUT2D eigenvalue weighted by molar-refractivity contribution is 6.32. The van der Waals surface area contributed by atoms with Crippen LogP contribution in [0.3, 0.4) is 0 Å². The molecule has 22 heavy (non-hydrogen) atoms. The zero-order valence-corrected chi connectivity index (χ0v) is 14.0. The van der Waals surface area contributed by atoms with Crippen LogP contribution in [0.15, 0.2) is 18.2 Å². The van der Waals surface area contributed by atoms with E-state index in [2.05, 4.69) is 10.2 Å². The molecule has 0 aromatic heterocycles. The second kappa shape index (κ2) is 6.75. The number of benzene rings is 1. The summed E-state index contributed by atoms with van der Waals surface area (Å²) in [6.07, 6.45) is 0.525. The van der Waals surface area contributed by atoms with Crippen molar-refractivity contribution in [3.63, 3.8) is 0 Å². The molecule has 0 radical (unpaired) electrons. The lowest BCUT2D eigenvalue weighted by Crippen LogP contribution is -2.40. The number of aromatic hydroxyl groups is 1. The molecule has 1 aromatic carbocycles. The van der Waals surface area contributed by atoms with Crippen molar-refractivity contribution in [2.45, 2.75) is 45.4 Å². The van der Waals surface area contributed by atoms with Crippen LogP contribution in [0.2, 0.25) is 5.02 Å². The molecule has 2 N–H and O–H groups in total. The summed E-state index contributed by atoms with van der Waals surface area (Å²) in [6, 6.07) is 5.33. The fourth-order valence-corrected chi connectivity index (χ4v) is 2.68. The molecular formula is C16H23ClN2O3. The van der Waals surface area contributed by atoms with Crippen LogP contribution < -0.4 is 5.32 Å². The van der Waals surface area contributed by atoms with Gasteiger partial charge in [0.25, 0.3) is 0 Å². The molecule has 0 unspecified atom stereocenters. The minimum Gasteiger partial charge on any atom is -0.506 e. The van der Waals surface area contributed by atoms with Crippen molar-refractivity contribution >= 4 is 17.7 Å². The van der Waals surface area contributed by atoms with Gasteiger partial charge in [0.05, 0.1) is 5.02 Å². The van der Waals surface area contributed by atoms with Gasteiger partial charge in [-0.3, -0.25) is 4.90 Å². The van der Waals surface area contributed by atoms with Gasteiger partial charge < -0.3 is 15.2 Å². The van der Waals surface area contributed by atoms with Gasteiger partial charge in [0.1, 0.15) is 11.4 Å². The Morgan fingerprint density at radius 2 is 2.23 bits per heavy atom. The number of amides is 1. The third-order valence-electron chi connectivity index (χ3n) is 3.41. The van der Waals surface area contributed by atoms with Gasteiger partial charge in [-0.15, -0.1) is 0 Å². The van der Waals surface area contributed by atoms with Crippen LogP contribution in [0, 0.1) is 0 Å². The monoisotopic (exact) mass is 326 g/mol. The molecule has 5 nitrogen and oxygen atoms in total. The summed E-state index contributed by atoms with van der Waals surface area (Å²) in [5.74, 6) is 0.0938. The smallest absolute Gasteiger partial charge is 0.407 e. The summed E-state index contributed by atoms with van der Waals surface area (Å²) < 4.78 is 5.27. The van der Waals surface area contributed by atoms with Crippen molar-refractivity contribution in [2.24, 2.45) is 0 Å². The molecule has 0 bridgehead atoms. The fourth-order valence-electron chi connectivity index (χ4n) is 2.48. The molecule has 1 fully saturated rings. The topological polar surface area (TPSA) is 61.8 Å². The van der Waals surface area contributed by atoms with Crippen molar-refractivity contribution in [3.8, 4) is 5.75 Å². The minimum atomic E-state index is -0.481. The second-order valence-electron chi connectivity index (χ2n) is 6.65. The largest absolute Gasteiger partial charge is 0.506 e. The predicted molar refractivity (Wildman–Crippen MR) is 86.2 cm³/mol. The molecule has 1 aliphatic heterocycles. The first-order valence-corrected chi connectivity index (χ1v) is 7.80. The van der Waals surface area contributed by atoms with E-state index >= 15 is 0 Å². The number of carbonyl (C=O) groups excluding carboxylic acids is 1. The Hall–Kier alpha value is -1.46.